The van der Waals surface area contributed by atoms with Crippen LogP contribution in [0.5, 0.6) is 0 Å². The van der Waals surface area contributed by atoms with Crippen molar-refractivity contribution in [2.45, 2.75) is 23.2 Å². The van der Waals surface area contributed by atoms with E-state index in [1.54, 1.807) is 18.5 Å². The molecule has 1 N–H and O–H groups in total. The van der Waals surface area contributed by atoms with Crippen LogP contribution < -0.4 is 5.32 Å². The Morgan fingerprint density at radius 2 is 2.20 bits per heavy atom. The Balaban J connectivity index is 2.21. The van der Waals surface area contributed by atoms with Crippen LogP contribution in [0, 0.1) is 0 Å². The van der Waals surface area contributed by atoms with Crippen molar-refractivity contribution in [3.05, 3.63) is 17.0 Å². The first-order valence-electron chi connectivity index (χ1n) is 6.17. The van der Waals surface area contributed by atoms with Crippen molar-refractivity contribution in [3.63, 3.8) is 0 Å². The Labute approximate surface area is 123 Å². The third kappa shape index (κ3) is 3.22. The van der Waals surface area contributed by atoms with Crippen LogP contribution in [0.25, 0.3) is 0 Å². The molecule has 1 unspecified atom stereocenters. The van der Waals surface area contributed by atoms with E-state index in [0.29, 0.717) is 13.0 Å². The number of rotatable bonds is 5. The van der Waals surface area contributed by atoms with Gasteiger partial charge >= 0.3 is 0 Å². The van der Waals surface area contributed by atoms with E-state index in [1.165, 1.54) is 11.4 Å². The molecule has 0 amide bonds. The van der Waals surface area contributed by atoms with E-state index in [4.69, 9.17) is 0 Å². The highest BCUT2D eigenvalue weighted by Crippen LogP contribution is 2.27. The van der Waals surface area contributed by atoms with E-state index < -0.39 is 25.9 Å². The standard InChI is InChI=1S/C11H18N2O4S3/c1-12-6-9-5-11(18-7-9)20(16,17)13(2)10-3-4-19(14,15)8-10/h5,7,10,12H,3-4,6,8H2,1-2H3. The van der Waals surface area contributed by atoms with E-state index in [2.05, 4.69) is 5.32 Å². The molecule has 20 heavy (non-hydrogen) atoms. The van der Waals surface area contributed by atoms with Gasteiger partial charge in [0, 0.05) is 19.6 Å². The van der Waals surface area contributed by atoms with Gasteiger partial charge in [-0.25, -0.2) is 16.8 Å². The Morgan fingerprint density at radius 3 is 2.75 bits per heavy atom. The van der Waals surface area contributed by atoms with Crippen molar-refractivity contribution in [3.8, 4) is 0 Å². The molecule has 1 aromatic heterocycles. The van der Waals surface area contributed by atoms with Gasteiger partial charge in [0.25, 0.3) is 10.0 Å². The summed E-state index contributed by atoms with van der Waals surface area (Å²) in [6.45, 7) is 0.605. The first-order valence-corrected chi connectivity index (χ1v) is 10.3. The highest BCUT2D eigenvalue weighted by Gasteiger charge is 2.36. The number of sulfone groups is 1. The second kappa shape index (κ2) is 5.72. The molecule has 2 heterocycles. The maximum atomic E-state index is 12.5. The van der Waals surface area contributed by atoms with Crippen LogP contribution in [0.15, 0.2) is 15.7 Å². The monoisotopic (exact) mass is 338 g/mol. The summed E-state index contributed by atoms with van der Waals surface area (Å²) in [6.07, 6.45) is 0.368. The Hall–Kier alpha value is -0.480. The minimum absolute atomic E-state index is 0.0625. The molecule has 0 saturated carbocycles. The van der Waals surface area contributed by atoms with Gasteiger partial charge in [0.15, 0.2) is 9.84 Å². The van der Waals surface area contributed by atoms with Gasteiger partial charge in [0.2, 0.25) is 0 Å². The lowest BCUT2D eigenvalue weighted by molar-refractivity contribution is 0.395. The van der Waals surface area contributed by atoms with E-state index >= 15 is 0 Å². The summed E-state index contributed by atoms with van der Waals surface area (Å²) >= 11 is 1.16. The summed E-state index contributed by atoms with van der Waals surface area (Å²) in [7, 11) is -3.46. The van der Waals surface area contributed by atoms with Gasteiger partial charge in [-0.15, -0.1) is 11.3 Å². The quantitative estimate of drug-likeness (QED) is 0.833. The Bertz CT molecular complexity index is 678. The molecule has 1 aliphatic heterocycles. The topological polar surface area (TPSA) is 83.6 Å². The normalized spacial score (nSPS) is 22.4. The van der Waals surface area contributed by atoms with E-state index in [9.17, 15) is 16.8 Å². The lowest BCUT2D eigenvalue weighted by atomic mass is 10.3. The lowest BCUT2D eigenvalue weighted by Gasteiger charge is -2.21. The number of sulfonamides is 1. The molecule has 0 spiro atoms. The minimum Gasteiger partial charge on any atom is -0.316 e. The van der Waals surface area contributed by atoms with E-state index in [1.807, 2.05) is 0 Å². The zero-order valence-electron chi connectivity index (χ0n) is 11.4. The predicted molar refractivity (Wildman–Crippen MR) is 79.1 cm³/mol. The molecule has 1 aliphatic rings. The molecular weight excluding hydrogens is 320 g/mol. The molecule has 114 valence electrons. The van der Waals surface area contributed by atoms with E-state index in [0.717, 1.165) is 16.9 Å². The molecule has 9 heteroatoms. The number of thiophene rings is 1. The summed E-state index contributed by atoms with van der Waals surface area (Å²) in [4.78, 5) is 0. The van der Waals surface area contributed by atoms with Crippen LogP contribution in [-0.2, 0) is 26.4 Å². The second-order valence-electron chi connectivity index (χ2n) is 4.88. The molecule has 0 bridgehead atoms. The molecule has 0 aliphatic carbocycles. The van der Waals surface area contributed by atoms with Crippen molar-refractivity contribution >= 4 is 31.2 Å². The van der Waals surface area contributed by atoms with Crippen molar-refractivity contribution in [2.75, 3.05) is 25.6 Å². The van der Waals surface area contributed by atoms with Crippen molar-refractivity contribution in [2.24, 2.45) is 0 Å². The van der Waals surface area contributed by atoms with Gasteiger partial charge in [-0.05, 0) is 30.5 Å². The van der Waals surface area contributed by atoms with Crippen LogP contribution in [-0.4, -0.2) is 52.8 Å². The first-order chi connectivity index (χ1) is 9.26. The second-order valence-corrected chi connectivity index (χ2v) is 10.2. The van der Waals surface area contributed by atoms with Crippen LogP contribution in [0.1, 0.15) is 12.0 Å². The Kier molecular flexibility index (Phi) is 4.55. The van der Waals surface area contributed by atoms with Crippen molar-refractivity contribution in [1.29, 1.82) is 0 Å². The number of hydrogen-bond donors (Lipinski definition) is 1. The highest BCUT2D eigenvalue weighted by molar-refractivity contribution is 7.92. The van der Waals surface area contributed by atoms with Gasteiger partial charge in [0.05, 0.1) is 11.5 Å². The number of nitrogens with one attached hydrogen (secondary N) is 1. The van der Waals surface area contributed by atoms with Gasteiger partial charge in [-0.2, -0.15) is 4.31 Å². The van der Waals surface area contributed by atoms with Crippen LogP contribution in [0.2, 0.25) is 0 Å². The fraction of sp³-hybridized carbons (Fsp3) is 0.636. The highest BCUT2D eigenvalue weighted by atomic mass is 32.2. The molecule has 1 aromatic rings. The molecular formula is C11H18N2O4S3. The molecule has 0 radical (unpaired) electrons. The molecule has 2 rings (SSSR count). The third-order valence-corrected chi connectivity index (χ3v) is 8.49. The van der Waals surface area contributed by atoms with Crippen molar-refractivity contribution < 1.29 is 16.8 Å². The maximum absolute atomic E-state index is 12.5. The molecule has 0 aromatic carbocycles. The maximum Gasteiger partial charge on any atom is 0.252 e. The van der Waals surface area contributed by atoms with Crippen LogP contribution >= 0.6 is 11.3 Å². The third-order valence-electron chi connectivity index (χ3n) is 3.37. The SMILES string of the molecule is CNCc1csc(S(=O)(=O)N(C)C2CCS(=O)(=O)C2)c1. The summed E-state index contributed by atoms with van der Waals surface area (Å²) in [5.74, 6) is -0.0234. The smallest absolute Gasteiger partial charge is 0.252 e. The fourth-order valence-electron chi connectivity index (χ4n) is 2.19. The number of hydrogen-bond acceptors (Lipinski definition) is 6. The predicted octanol–water partition coefficient (Wildman–Crippen LogP) is 0.275. The van der Waals surface area contributed by atoms with Crippen LogP contribution in [0.4, 0.5) is 0 Å². The fourth-order valence-corrected chi connectivity index (χ4v) is 6.83. The summed E-state index contributed by atoms with van der Waals surface area (Å²) in [5, 5.41) is 4.76. The zero-order chi connectivity index (χ0) is 15.0. The van der Waals surface area contributed by atoms with Crippen LogP contribution in [0.3, 0.4) is 0 Å². The molecule has 1 atom stereocenters. The average Bonchev–Trinajstić information content (AvgIpc) is 2.95. The minimum atomic E-state index is -3.61. The first kappa shape index (κ1) is 15.9. The average molecular weight is 338 g/mol. The Morgan fingerprint density at radius 1 is 1.50 bits per heavy atom. The molecule has 6 nitrogen and oxygen atoms in total. The summed E-state index contributed by atoms with van der Waals surface area (Å²) in [6, 6.07) is 1.18. The van der Waals surface area contributed by atoms with Gasteiger partial charge in [-0.1, -0.05) is 0 Å². The lowest BCUT2D eigenvalue weighted by Crippen LogP contribution is -2.37. The van der Waals surface area contributed by atoms with E-state index in [-0.39, 0.29) is 15.7 Å². The molecule has 1 fully saturated rings. The zero-order valence-corrected chi connectivity index (χ0v) is 13.8. The van der Waals surface area contributed by atoms with Gasteiger partial charge in [0.1, 0.15) is 4.21 Å². The van der Waals surface area contributed by atoms with Gasteiger partial charge in [-0.3, -0.25) is 0 Å². The number of nitrogens with zero attached hydrogens (tertiary/aromatic N) is 1. The largest absolute Gasteiger partial charge is 0.316 e. The summed E-state index contributed by atoms with van der Waals surface area (Å²) in [5.41, 5.74) is 0.906. The van der Waals surface area contributed by atoms with Crippen molar-refractivity contribution in [1.82, 2.24) is 9.62 Å². The summed E-state index contributed by atoms with van der Waals surface area (Å²) < 4.78 is 49.3. The molecule has 1 saturated heterocycles. The van der Waals surface area contributed by atoms with Gasteiger partial charge < -0.3 is 5.32 Å².